The van der Waals surface area contributed by atoms with Crippen LogP contribution in [0.3, 0.4) is 0 Å². The summed E-state index contributed by atoms with van der Waals surface area (Å²) >= 11 is 0. The average molecular weight is 402 g/mol. The fourth-order valence-electron chi connectivity index (χ4n) is 3.33. The number of unbranched alkanes of at least 4 members (excludes halogenated alkanes) is 14. The predicted octanol–water partition coefficient (Wildman–Crippen LogP) is 8.90. The summed E-state index contributed by atoms with van der Waals surface area (Å²) in [6.07, 6.45) is 24.7. The second-order valence-electron chi connectivity index (χ2n) is 8.18. The second-order valence-corrected chi connectivity index (χ2v) is 8.18. The van der Waals surface area contributed by atoms with Crippen molar-refractivity contribution < 1.29 is 9.92 Å². The Balaban J connectivity index is 0. The number of hydrogen-bond acceptors (Lipinski definition) is 3. The Morgan fingerprint density at radius 3 is 1.29 bits per heavy atom. The molecule has 1 unspecified atom stereocenters. The molecule has 28 heavy (non-hydrogen) atoms. The zero-order valence-corrected chi connectivity index (χ0v) is 19.7. The van der Waals surface area contributed by atoms with Crippen molar-refractivity contribution in [3.05, 3.63) is 10.1 Å². The van der Waals surface area contributed by atoms with Crippen LogP contribution in [0.2, 0.25) is 0 Å². The third-order valence-electron chi connectivity index (χ3n) is 5.42. The summed E-state index contributed by atoms with van der Waals surface area (Å²) in [5.41, 5.74) is 0. The highest BCUT2D eigenvalue weighted by atomic mass is 16.9. The van der Waals surface area contributed by atoms with Gasteiger partial charge in [0.1, 0.15) is 0 Å². The molecular formula is C24H51NO3. The van der Waals surface area contributed by atoms with Crippen molar-refractivity contribution >= 4 is 0 Å². The summed E-state index contributed by atoms with van der Waals surface area (Å²) in [6, 6.07) is 0. The lowest BCUT2D eigenvalue weighted by Crippen LogP contribution is -2.12. The van der Waals surface area contributed by atoms with Gasteiger partial charge in [0.2, 0.25) is 0 Å². The van der Waals surface area contributed by atoms with E-state index >= 15 is 0 Å². The fraction of sp³-hybridized carbons (Fsp3) is 1.00. The van der Waals surface area contributed by atoms with E-state index in [9.17, 15) is 10.1 Å². The third-order valence-corrected chi connectivity index (χ3v) is 5.42. The molecule has 0 saturated heterocycles. The first-order chi connectivity index (χ1) is 13.6. The molecule has 0 heterocycles. The van der Waals surface area contributed by atoms with E-state index in [1.54, 1.807) is 0 Å². The van der Waals surface area contributed by atoms with Crippen LogP contribution in [0.15, 0.2) is 0 Å². The Bertz CT molecular complexity index is 284. The highest BCUT2D eigenvalue weighted by molar-refractivity contribution is 4.54. The van der Waals surface area contributed by atoms with E-state index in [1.807, 2.05) is 6.92 Å². The molecule has 0 spiro atoms. The molecular weight excluding hydrogens is 350 g/mol. The maximum absolute atomic E-state index is 9.88. The molecule has 0 amide bonds. The monoisotopic (exact) mass is 401 g/mol. The van der Waals surface area contributed by atoms with Gasteiger partial charge in [-0.1, -0.05) is 137 Å². The Morgan fingerprint density at radius 1 is 0.643 bits per heavy atom. The molecule has 0 aliphatic heterocycles. The van der Waals surface area contributed by atoms with Crippen LogP contribution in [0.1, 0.15) is 143 Å². The van der Waals surface area contributed by atoms with Crippen LogP contribution >= 0.6 is 0 Å². The molecule has 4 nitrogen and oxygen atoms in total. The van der Waals surface area contributed by atoms with Crippen molar-refractivity contribution in [2.75, 3.05) is 6.61 Å². The summed E-state index contributed by atoms with van der Waals surface area (Å²) in [5.74, 6) is 0.343. The molecule has 4 heteroatoms. The van der Waals surface area contributed by atoms with Gasteiger partial charge in [0.15, 0.2) is 0 Å². The maximum atomic E-state index is 9.88. The van der Waals surface area contributed by atoms with Crippen LogP contribution in [0.4, 0.5) is 0 Å². The van der Waals surface area contributed by atoms with E-state index in [-0.39, 0.29) is 6.61 Å². The smallest absolute Gasteiger partial charge is 0.294 e. The largest absolute Gasteiger partial charge is 0.314 e. The van der Waals surface area contributed by atoms with Gasteiger partial charge >= 0.3 is 0 Å². The van der Waals surface area contributed by atoms with Crippen LogP contribution in [-0.2, 0) is 4.84 Å². The summed E-state index contributed by atoms with van der Waals surface area (Å²) < 4.78 is 0. The minimum absolute atomic E-state index is 0.253. The molecule has 0 N–H and O–H groups in total. The van der Waals surface area contributed by atoms with E-state index in [1.165, 1.54) is 89.9 Å². The molecule has 0 aromatic heterocycles. The van der Waals surface area contributed by atoms with Gasteiger partial charge in [0, 0.05) is 0 Å². The minimum atomic E-state index is -0.714. The molecule has 0 bridgehead atoms. The van der Waals surface area contributed by atoms with Crippen molar-refractivity contribution in [3.8, 4) is 0 Å². The van der Waals surface area contributed by atoms with E-state index < -0.39 is 5.09 Å². The zero-order chi connectivity index (χ0) is 21.3. The molecule has 0 saturated carbocycles. The fourth-order valence-corrected chi connectivity index (χ4v) is 3.33. The molecule has 1 atom stereocenters. The lowest BCUT2D eigenvalue weighted by Gasteiger charge is -2.11. The van der Waals surface area contributed by atoms with Crippen molar-refractivity contribution in [2.24, 2.45) is 5.92 Å². The van der Waals surface area contributed by atoms with Crippen LogP contribution < -0.4 is 0 Å². The molecule has 0 aromatic rings. The quantitative estimate of drug-likeness (QED) is 0.116. The van der Waals surface area contributed by atoms with Gasteiger partial charge in [0.05, 0.1) is 6.61 Å². The van der Waals surface area contributed by atoms with Gasteiger partial charge in [-0.25, -0.2) is 0 Å². The van der Waals surface area contributed by atoms with Crippen molar-refractivity contribution in [3.63, 3.8) is 0 Å². The average Bonchev–Trinajstić information content (AvgIpc) is 2.69. The van der Waals surface area contributed by atoms with Crippen molar-refractivity contribution in [1.29, 1.82) is 0 Å². The number of hydrogen-bond donors (Lipinski definition) is 0. The molecule has 0 radical (unpaired) electrons. The molecule has 0 aromatic carbocycles. The summed E-state index contributed by atoms with van der Waals surface area (Å²) in [5, 5.41) is 9.16. The number of rotatable bonds is 20. The molecule has 0 rings (SSSR count). The summed E-state index contributed by atoms with van der Waals surface area (Å²) in [6.45, 7) is 8.98. The topological polar surface area (TPSA) is 52.4 Å². The predicted molar refractivity (Wildman–Crippen MR) is 122 cm³/mol. The van der Waals surface area contributed by atoms with E-state index in [0.29, 0.717) is 5.92 Å². The Labute approximate surface area is 176 Å². The Kier molecular flexibility index (Phi) is 27.5. The zero-order valence-electron chi connectivity index (χ0n) is 19.7. The molecule has 0 aliphatic carbocycles. The molecule has 0 fully saturated rings. The normalized spacial score (nSPS) is 11.6. The first-order valence-electron chi connectivity index (χ1n) is 12.4. The van der Waals surface area contributed by atoms with Gasteiger partial charge in [-0.05, 0) is 12.3 Å². The number of nitrogens with zero attached hydrogens (tertiary/aromatic N) is 1. The summed E-state index contributed by atoms with van der Waals surface area (Å²) in [4.78, 5) is 14.2. The lowest BCUT2D eigenvalue weighted by atomic mass is 10.0. The highest BCUT2D eigenvalue weighted by Crippen LogP contribution is 2.13. The SMILES string of the molecule is CCCCC(CC)CO[N+](=O)[O-].CCCCCCCCCCCCCCCC. The first kappa shape index (κ1) is 29.4. The van der Waals surface area contributed by atoms with Gasteiger partial charge in [-0.15, -0.1) is 10.1 Å². The van der Waals surface area contributed by atoms with E-state index in [4.69, 9.17) is 0 Å². The Morgan fingerprint density at radius 2 is 1.00 bits per heavy atom. The second kappa shape index (κ2) is 26.2. The van der Waals surface area contributed by atoms with Crippen LogP contribution in [0.25, 0.3) is 0 Å². The highest BCUT2D eigenvalue weighted by Gasteiger charge is 2.07. The molecule has 0 aliphatic rings. The standard InChI is InChI=1S/C16H34.C8H17NO3/c1-3-5-7-9-11-13-15-16-14-12-10-8-6-4-2;1-3-5-6-8(4-2)7-12-9(10)11/h3-16H2,1-2H3;8H,3-7H2,1-2H3. The van der Waals surface area contributed by atoms with Crippen LogP contribution in [-0.4, -0.2) is 11.7 Å². The van der Waals surface area contributed by atoms with Crippen molar-refractivity contribution in [1.82, 2.24) is 0 Å². The lowest BCUT2D eigenvalue weighted by molar-refractivity contribution is -0.759. The molecule has 170 valence electrons. The minimum Gasteiger partial charge on any atom is -0.314 e. The maximum Gasteiger partial charge on any atom is 0.294 e. The van der Waals surface area contributed by atoms with Gasteiger partial charge in [-0.3, -0.25) is 0 Å². The Hall–Kier alpha value is -0.800. The first-order valence-corrected chi connectivity index (χ1v) is 12.4. The van der Waals surface area contributed by atoms with Gasteiger partial charge in [0.25, 0.3) is 5.09 Å². The van der Waals surface area contributed by atoms with Crippen molar-refractivity contribution in [2.45, 2.75) is 143 Å². The van der Waals surface area contributed by atoms with E-state index in [0.717, 1.165) is 25.7 Å². The summed E-state index contributed by atoms with van der Waals surface area (Å²) in [7, 11) is 0. The van der Waals surface area contributed by atoms with Gasteiger partial charge in [-0.2, -0.15) is 0 Å². The third kappa shape index (κ3) is 27.4. The van der Waals surface area contributed by atoms with Crippen LogP contribution in [0.5, 0.6) is 0 Å². The van der Waals surface area contributed by atoms with Crippen LogP contribution in [0, 0.1) is 16.0 Å². The van der Waals surface area contributed by atoms with E-state index in [2.05, 4.69) is 25.6 Å². The van der Waals surface area contributed by atoms with Gasteiger partial charge < -0.3 is 4.84 Å².